The summed E-state index contributed by atoms with van der Waals surface area (Å²) < 4.78 is 319. The van der Waals surface area contributed by atoms with Gasteiger partial charge in [-0.15, -0.1) is 0 Å². The zero-order valence-corrected chi connectivity index (χ0v) is 17.6. The first-order chi connectivity index (χ1) is 17.0. The van der Waals surface area contributed by atoms with Crippen LogP contribution >= 0.6 is 0 Å². The maximum atomic E-state index is 14.4. The fourth-order valence-electron chi connectivity index (χ4n) is 2.09. The largest absolute Gasteiger partial charge is 0.488 e. The zero-order chi connectivity index (χ0) is 33.1. The van der Waals surface area contributed by atoms with Crippen molar-refractivity contribution in [2.75, 3.05) is 6.61 Å². The van der Waals surface area contributed by atoms with Crippen molar-refractivity contribution < 1.29 is 110 Å². The van der Waals surface area contributed by atoms with Crippen LogP contribution in [0.2, 0.25) is 0 Å². The Morgan fingerprint density at radius 1 is 0.475 bits per heavy atom. The molecule has 40 heavy (non-hydrogen) atoms. The molecule has 0 aromatic rings. The summed E-state index contributed by atoms with van der Waals surface area (Å²) in [4.78, 5) is -4.95. The van der Waals surface area contributed by atoms with Gasteiger partial charge in [-0.3, -0.25) is 0 Å². The van der Waals surface area contributed by atoms with E-state index in [1.807, 2.05) is 0 Å². The summed E-state index contributed by atoms with van der Waals surface area (Å²) in [5.41, 5.74) is 0. The lowest BCUT2D eigenvalue weighted by Gasteiger charge is -2.45. The van der Waals surface area contributed by atoms with Crippen molar-refractivity contribution in [2.45, 2.75) is 67.2 Å². The van der Waals surface area contributed by atoms with Crippen LogP contribution in [0.1, 0.15) is 6.92 Å². The quantitative estimate of drug-likeness (QED) is 0.133. The lowest BCUT2D eigenvalue weighted by Crippen LogP contribution is -2.74. The number of alkyl halides is 23. The van der Waals surface area contributed by atoms with Gasteiger partial charge in [0.25, 0.3) is 0 Å². The molecule has 0 spiro atoms. The molecule has 0 aliphatic heterocycles. The Labute approximate surface area is 202 Å². The fourth-order valence-corrected chi connectivity index (χ4v) is 2.09. The maximum absolute atomic E-state index is 14.4. The van der Waals surface area contributed by atoms with E-state index in [-0.39, 0.29) is 6.92 Å². The Balaban J connectivity index is 8.27. The van der Waals surface area contributed by atoms with E-state index in [1.54, 1.807) is 0 Å². The molecular weight excluding hydrogens is 654 g/mol. The molecule has 0 radical (unpaired) electrons. The van der Waals surface area contributed by atoms with Crippen molar-refractivity contribution in [3.05, 3.63) is 11.7 Å². The van der Waals surface area contributed by atoms with Crippen molar-refractivity contribution in [2.24, 2.45) is 0 Å². The first kappa shape index (κ1) is 37.7. The second-order valence-corrected chi connectivity index (χ2v) is 6.84. The third-order valence-electron chi connectivity index (χ3n) is 4.13. The Kier molecular flexibility index (Phi) is 9.31. The summed E-state index contributed by atoms with van der Waals surface area (Å²) in [5.74, 6) is -52.9. The van der Waals surface area contributed by atoms with Crippen LogP contribution in [0.4, 0.5) is 105 Å². The fraction of sp³-hybridized carbons (Fsp3) is 0.857. The molecule has 0 bridgehead atoms. The molecule has 240 valence electrons. The summed E-state index contributed by atoms with van der Waals surface area (Å²) in [6.07, 6.45) is -23.9. The molecule has 0 amide bonds. The van der Waals surface area contributed by atoms with Gasteiger partial charge in [0.15, 0.2) is 0 Å². The second kappa shape index (κ2) is 9.89. The van der Waals surface area contributed by atoms with Gasteiger partial charge in [-0.05, 0) is 6.92 Å². The molecular formula is C14H5F24NO. The topological polar surface area (TPSA) is 12.5 Å². The third-order valence-corrected chi connectivity index (χ3v) is 4.13. The smallest absolute Gasteiger partial charge is 0.461 e. The van der Waals surface area contributed by atoms with Crippen LogP contribution in [0.15, 0.2) is 11.7 Å². The highest BCUT2D eigenvalue weighted by atomic mass is 19.4. The van der Waals surface area contributed by atoms with Gasteiger partial charge in [-0.1, -0.05) is 0 Å². The standard InChI is InChI=1S/C14H5F24NO/c1-2-40-3(5(16,17)10(26,27)28)4(15)39(13(35,36)8(22,23)6(18,19)11(29,30)31)14(37,38)9(24,25)7(20,21)12(32,33)34/h2H2,1H3/b4-3-. The Morgan fingerprint density at radius 3 is 0.950 bits per heavy atom. The van der Waals surface area contributed by atoms with E-state index in [2.05, 4.69) is 4.74 Å². The molecule has 0 aromatic carbocycles. The van der Waals surface area contributed by atoms with E-state index in [0.29, 0.717) is 0 Å². The van der Waals surface area contributed by atoms with Crippen molar-refractivity contribution in [1.82, 2.24) is 4.90 Å². The van der Waals surface area contributed by atoms with E-state index in [1.165, 1.54) is 0 Å². The highest BCUT2D eigenvalue weighted by Gasteiger charge is 2.90. The minimum absolute atomic E-state index is 0.0547. The number of hydrogen-bond acceptors (Lipinski definition) is 2. The lowest BCUT2D eigenvalue weighted by molar-refractivity contribution is -0.469. The summed E-state index contributed by atoms with van der Waals surface area (Å²) in [6, 6.07) is -18.1. The van der Waals surface area contributed by atoms with E-state index < -0.39 is 83.5 Å². The molecule has 0 saturated carbocycles. The highest BCUT2D eigenvalue weighted by molar-refractivity contribution is 5.19. The van der Waals surface area contributed by atoms with Gasteiger partial charge in [0.2, 0.25) is 11.7 Å². The molecule has 2 nitrogen and oxygen atoms in total. The van der Waals surface area contributed by atoms with E-state index in [0.717, 1.165) is 0 Å². The van der Waals surface area contributed by atoms with Crippen molar-refractivity contribution >= 4 is 0 Å². The molecule has 0 heterocycles. The molecule has 0 aromatic heterocycles. The van der Waals surface area contributed by atoms with Crippen LogP contribution in [0, 0.1) is 0 Å². The highest BCUT2D eigenvalue weighted by Crippen LogP contribution is 2.62. The normalized spacial score (nSPS) is 16.6. The van der Waals surface area contributed by atoms with Crippen LogP contribution in [-0.4, -0.2) is 71.7 Å². The average molecular weight is 659 g/mol. The first-order valence-corrected chi connectivity index (χ1v) is 8.66. The van der Waals surface area contributed by atoms with E-state index in [4.69, 9.17) is 0 Å². The van der Waals surface area contributed by atoms with Gasteiger partial charge < -0.3 is 4.74 Å². The monoisotopic (exact) mass is 659 g/mol. The summed E-state index contributed by atoms with van der Waals surface area (Å²) in [7, 11) is 0. The summed E-state index contributed by atoms with van der Waals surface area (Å²) >= 11 is 0. The first-order valence-electron chi connectivity index (χ1n) is 8.66. The molecule has 0 aliphatic rings. The van der Waals surface area contributed by atoms with Crippen molar-refractivity contribution in [3.63, 3.8) is 0 Å². The maximum Gasteiger partial charge on any atom is 0.461 e. The predicted octanol–water partition coefficient (Wildman–Crippen LogP) is 8.51. The lowest BCUT2D eigenvalue weighted by atomic mass is 10.0. The van der Waals surface area contributed by atoms with Crippen LogP contribution in [0.3, 0.4) is 0 Å². The van der Waals surface area contributed by atoms with Gasteiger partial charge in [-0.2, -0.15) is 105 Å². The third kappa shape index (κ3) is 5.33. The van der Waals surface area contributed by atoms with Gasteiger partial charge >= 0.3 is 60.2 Å². The zero-order valence-electron chi connectivity index (χ0n) is 17.6. The van der Waals surface area contributed by atoms with E-state index >= 15 is 0 Å². The number of rotatable bonds is 10. The van der Waals surface area contributed by atoms with Crippen molar-refractivity contribution in [3.8, 4) is 0 Å². The molecule has 26 heteroatoms. The minimum Gasteiger partial charge on any atom is -0.488 e. The summed E-state index contributed by atoms with van der Waals surface area (Å²) in [5, 5.41) is 0. The van der Waals surface area contributed by atoms with Crippen LogP contribution < -0.4 is 0 Å². The van der Waals surface area contributed by atoms with Gasteiger partial charge in [0.05, 0.1) is 6.61 Å². The Bertz CT molecular complexity index is 885. The van der Waals surface area contributed by atoms with Gasteiger partial charge in [0.1, 0.15) is 0 Å². The van der Waals surface area contributed by atoms with Crippen LogP contribution in [-0.2, 0) is 4.74 Å². The minimum atomic E-state index is -9.03. The van der Waals surface area contributed by atoms with Crippen LogP contribution in [0.5, 0.6) is 0 Å². The molecule has 0 atom stereocenters. The molecule has 0 unspecified atom stereocenters. The molecule has 0 saturated heterocycles. The average Bonchev–Trinajstić information content (AvgIpc) is 2.68. The Morgan fingerprint density at radius 2 is 0.750 bits per heavy atom. The van der Waals surface area contributed by atoms with Gasteiger partial charge in [0, 0.05) is 0 Å². The molecule has 0 aliphatic carbocycles. The second-order valence-electron chi connectivity index (χ2n) is 6.84. The molecule has 0 fully saturated rings. The van der Waals surface area contributed by atoms with E-state index in [9.17, 15) is 105 Å². The summed E-state index contributed by atoms with van der Waals surface area (Å²) in [6.45, 7) is -2.03. The molecule has 0 rings (SSSR count). The van der Waals surface area contributed by atoms with Crippen LogP contribution in [0.25, 0.3) is 0 Å². The number of ether oxygens (including phenoxy) is 1. The SMILES string of the molecule is CCO/C(=C(/F)N(C(F)(F)C(F)(F)C(F)(F)C(F)(F)F)C(F)(F)C(F)(F)C(F)(F)C(F)(F)F)C(F)(F)C(F)(F)F. The predicted molar refractivity (Wildman–Crippen MR) is 74.4 cm³/mol. The molecule has 0 N–H and O–H groups in total. The number of halogens is 24. The number of hydrogen-bond donors (Lipinski definition) is 0. The van der Waals surface area contributed by atoms with Gasteiger partial charge in [-0.25, -0.2) is 4.90 Å². The number of nitrogens with zero attached hydrogens (tertiary/aromatic N) is 1. The number of allylic oxidation sites excluding steroid dienone is 1. The Hall–Kier alpha value is -2.34. The van der Waals surface area contributed by atoms with Crippen molar-refractivity contribution in [1.29, 1.82) is 0 Å².